The molecule has 234 valence electrons. The summed E-state index contributed by atoms with van der Waals surface area (Å²) in [7, 11) is 0. The SMILES string of the molecule is CC(=O)O[C@H]1CC[C@@]2(C)C(CC[C@]3(C)C2CCC2C4=C(C(C)C)C(=O)C[C@]4(C(=O)Nc4ccncc4)CC[C@]23C)C1(C)C. The minimum absolute atomic E-state index is 0.00130. The molecule has 1 amide bonds. The highest BCUT2D eigenvalue weighted by atomic mass is 16.5. The molecule has 0 radical (unpaired) electrons. The summed E-state index contributed by atoms with van der Waals surface area (Å²) in [6.07, 6.45) is 11.7. The zero-order valence-electron chi connectivity index (χ0n) is 27.6. The van der Waals surface area contributed by atoms with Crippen LogP contribution in [0.25, 0.3) is 0 Å². The van der Waals surface area contributed by atoms with Crippen LogP contribution in [0.5, 0.6) is 0 Å². The molecule has 1 aromatic heterocycles. The molecule has 0 aromatic carbocycles. The lowest BCUT2D eigenvalue weighted by atomic mass is 9.33. The fraction of sp³-hybridized carbons (Fsp3) is 0.730. The predicted octanol–water partition coefficient (Wildman–Crippen LogP) is 7.93. The molecule has 1 N–H and O–H groups in total. The van der Waals surface area contributed by atoms with Gasteiger partial charge in [0, 0.05) is 36.8 Å². The normalized spacial score (nSPS) is 41.6. The summed E-state index contributed by atoms with van der Waals surface area (Å²) >= 11 is 0. The Morgan fingerprint density at radius 2 is 1.60 bits per heavy atom. The van der Waals surface area contributed by atoms with Crippen LogP contribution in [0, 0.1) is 50.7 Å². The summed E-state index contributed by atoms with van der Waals surface area (Å²) in [5, 5.41) is 3.20. The van der Waals surface area contributed by atoms with Crippen molar-refractivity contribution >= 4 is 23.3 Å². The summed E-state index contributed by atoms with van der Waals surface area (Å²) in [6.45, 7) is 18.1. The molecule has 0 spiro atoms. The molecule has 0 aliphatic heterocycles. The average Bonchev–Trinajstić information content (AvgIpc) is 3.24. The van der Waals surface area contributed by atoms with E-state index < -0.39 is 5.41 Å². The number of nitrogens with one attached hydrogen (secondary N) is 1. The fourth-order valence-corrected chi connectivity index (χ4v) is 12.0. The Bertz CT molecular complexity index is 1370. The summed E-state index contributed by atoms with van der Waals surface area (Å²) in [5.74, 6) is 1.34. The Labute approximate surface area is 258 Å². The number of esters is 1. The lowest BCUT2D eigenvalue weighted by Gasteiger charge is -2.72. The zero-order valence-corrected chi connectivity index (χ0v) is 27.6. The maximum atomic E-state index is 14.3. The zero-order chi connectivity index (χ0) is 31.2. The lowest BCUT2D eigenvalue weighted by molar-refractivity contribution is -0.232. The maximum absolute atomic E-state index is 14.3. The van der Waals surface area contributed by atoms with Crippen LogP contribution in [0.2, 0.25) is 0 Å². The predicted molar refractivity (Wildman–Crippen MR) is 168 cm³/mol. The number of Topliss-reactive ketones (excluding diaryl/α,β-unsaturated/α-hetero) is 1. The van der Waals surface area contributed by atoms with Crippen molar-refractivity contribution in [3.63, 3.8) is 0 Å². The first kappa shape index (κ1) is 30.5. The number of ether oxygens (including phenoxy) is 1. The number of aromatic nitrogens is 1. The molecule has 3 unspecified atom stereocenters. The van der Waals surface area contributed by atoms with Gasteiger partial charge in [0.15, 0.2) is 5.78 Å². The molecule has 5 aliphatic rings. The number of hydrogen-bond acceptors (Lipinski definition) is 5. The number of carbonyl (C=O) groups excluding carboxylic acids is 3. The number of pyridine rings is 1. The van der Waals surface area contributed by atoms with Gasteiger partial charge in [-0.2, -0.15) is 0 Å². The van der Waals surface area contributed by atoms with E-state index in [0.717, 1.165) is 62.6 Å². The van der Waals surface area contributed by atoms with Crippen molar-refractivity contribution in [3.05, 3.63) is 35.7 Å². The van der Waals surface area contributed by atoms with Crippen molar-refractivity contribution in [2.75, 3.05) is 5.32 Å². The second-order valence-corrected chi connectivity index (χ2v) is 16.4. The standard InChI is InChI=1S/C37H52N2O4/c1-22(2)30-26(41)21-37(32(42)39-24-13-19-38-20-14-24)18-17-35(7)25(31(30)37)9-10-28-34(6)15-12-29(43-23(3)40)33(4,5)27(34)11-16-36(28,35)8/h13-14,19-20,22,25,27-29H,9-12,15-18,21H2,1-8H3,(H,38,39,42)/t25?,27?,28?,29-,34-,35+,36+,37+/m0/s1. The van der Waals surface area contributed by atoms with Crippen LogP contribution in [-0.4, -0.2) is 28.7 Å². The Morgan fingerprint density at radius 1 is 0.907 bits per heavy atom. The van der Waals surface area contributed by atoms with Crippen LogP contribution < -0.4 is 5.32 Å². The van der Waals surface area contributed by atoms with Crippen LogP contribution in [0.4, 0.5) is 5.69 Å². The number of allylic oxidation sites excluding steroid dienone is 1. The molecule has 1 aromatic rings. The van der Waals surface area contributed by atoms with Gasteiger partial charge in [0.2, 0.25) is 5.91 Å². The van der Waals surface area contributed by atoms with Crippen LogP contribution in [0.1, 0.15) is 113 Å². The van der Waals surface area contributed by atoms with Crippen molar-refractivity contribution in [3.8, 4) is 0 Å². The van der Waals surface area contributed by atoms with E-state index in [9.17, 15) is 14.4 Å². The maximum Gasteiger partial charge on any atom is 0.302 e. The van der Waals surface area contributed by atoms with Gasteiger partial charge in [-0.05, 0) is 115 Å². The lowest BCUT2D eigenvalue weighted by Crippen LogP contribution is -2.66. The molecule has 6 nitrogen and oxygen atoms in total. The van der Waals surface area contributed by atoms with Gasteiger partial charge in [0.1, 0.15) is 6.10 Å². The topological polar surface area (TPSA) is 85.4 Å². The number of nitrogens with zero attached hydrogens (tertiary/aromatic N) is 1. The van der Waals surface area contributed by atoms with Crippen molar-refractivity contribution in [1.29, 1.82) is 0 Å². The van der Waals surface area contributed by atoms with Gasteiger partial charge in [0.05, 0.1) is 5.41 Å². The van der Waals surface area contributed by atoms with E-state index in [-0.39, 0.29) is 57.3 Å². The number of hydrogen-bond donors (Lipinski definition) is 1. The highest BCUT2D eigenvalue weighted by Gasteiger charge is 2.71. The third kappa shape index (κ3) is 4.16. The minimum atomic E-state index is -0.765. The van der Waals surface area contributed by atoms with Crippen molar-refractivity contribution in [2.45, 2.75) is 119 Å². The molecule has 6 heteroatoms. The monoisotopic (exact) mass is 588 g/mol. The van der Waals surface area contributed by atoms with E-state index in [0.29, 0.717) is 18.3 Å². The first-order valence-corrected chi connectivity index (χ1v) is 16.8. The molecule has 43 heavy (non-hydrogen) atoms. The summed E-state index contributed by atoms with van der Waals surface area (Å²) in [5.41, 5.74) is 2.27. The van der Waals surface area contributed by atoms with Crippen LogP contribution >= 0.6 is 0 Å². The summed E-state index contributed by atoms with van der Waals surface area (Å²) in [6, 6.07) is 3.65. The Morgan fingerprint density at radius 3 is 2.26 bits per heavy atom. The smallest absolute Gasteiger partial charge is 0.302 e. The van der Waals surface area contributed by atoms with Gasteiger partial charge in [-0.3, -0.25) is 19.4 Å². The van der Waals surface area contributed by atoms with Gasteiger partial charge >= 0.3 is 5.97 Å². The molecular weight excluding hydrogens is 536 g/mol. The van der Waals surface area contributed by atoms with E-state index in [4.69, 9.17) is 4.74 Å². The third-order valence-corrected chi connectivity index (χ3v) is 14.1. The molecule has 1 heterocycles. The van der Waals surface area contributed by atoms with E-state index in [1.165, 1.54) is 12.5 Å². The number of ketones is 1. The van der Waals surface area contributed by atoms with Crippen molar-refractivity contribution in [1.82, 2.24) is 4.98 Å². The number of rotatable bonds is 4. The highest BCUT2D eigenvalue weighted by molar-refractivity contribution is 6.09. The van der Waals surface area contributed by atoms with Gasteiger partial charge in [-0.15, -0.1) is 0 Å². The third-order valence-electron chi connectivity index (χ3n) is 14.1. The molecule has 0 bridgehead atoms. The largest absolute Gasteiger partial charge is 0.462 e. The second kappa shape index (κ2) is 10.0. The Balaban J connectivity index is 1.39. The van der Waals surface area contributed by atoms with E-state index in [1.54, 1.807) is 12.4 Å². The quantitative estimate of drug-likeness (QED) is 0.361. The molecule has 8 atom stereocenters. The van der Waals surface area contributed by atoms with Crippen molar-refractivity contribution in [2.24, 2.45) is 50.7 Å². The average molecular weight is 589 g/mol. The number of fused-ring (bicyclic) bond motifs is 7. The summed E-state index contributed by atoms with van der Waals surface area (Å²) < 4.78 is 5.92. The van der Waals surface area contributed by atoms with E-state index >= 15 is 0 Å². The molecular formula is C37H52N2O4. The first-order chi connectivity index (χ1) is 20.1. The van der Waals surface area contributed by atoms with Gasteiger partial charge in [0.25, 0.3) is 0 Å². The van der Waals surface area contributed by atoms with Crippen molar-refractivity contribution < 1.29 is 19.1 Å². The van der Waals surface area contributed by atoms with E-state index in [1.807, 2.05) is 12.1 Å². The summed E-state index contributed by atoms with van der Waals surface area (Å²) in [4.78, 5) is 44.2. The molecule has 4 saturated carbocycles. The van der Waals surface area contributed by atoms with Gasteiger partial charge in [-0.1, -0.05) is 48.5 Å². The van der Waals surface area contributed by atoms with Crippen LogP contribution in [0.15, 0.2) is 35.7 Å². The van der Waals surface area contributed by atoms with E-state index in [2.05, 4.69) is 58.8 Å². The Hall–Kier alpha value is -2.50. The molecule has 5 aliphatic carbocycles. The van der Waals surface area contributed by atoms with Gasteiger partial charge in [-0.25, -0.2) is 0 Å². The van der Waals surface area contributed by atoms with Crippen LogP contribution in [0.3, 0.4) is 0 Å². The Kier molecular flexibility index (Phi) is 7.10. The first-order valence-electron chi connectivity index (χ1n) is 16.8. The number of anilines is 1. The fourth-order valence-electron chi connectivity index (χ4n) is 12.0. The minimum Gasteiger partial charge on any atom is -0.462 e. The number of carbonyl (C=O) groups is 3. The second-order valence-electron chi connectivity index (χ2n) is 16.4. The van der Waals surface area contributed by atoms with Crippen LogP contribution in [-0.2, 0) is 19.1 Å². The highest BCUT2D eigenvalue weighted by Crippen LogP contribution is 2.76. The number of amides is 1. The molecule has 0 saturated heterocycles. The molecule has 6 rings (SSSR count). The van der Waals surface area contributed by atoms with Gasteiger partial charge < -0.3 is 10.1 Å². The molecule has 4 fully saturated rings.